The monoisotopic (exact) mass is 421 g/mol. The van der Waals surface area contributed by atoms with Crippen LogP contribution in [0.3, 0.4) is 0 Å². The maximum atomic E-state index is 13.4. The summed E-state index contributed by atoms with van der Waals surface area (Å²) >= 11 is 0. The highest BCUT2D eigenvalue weighted by molar-refractivity contribution is 6.26. The molecule has 1 heterocycles. The van der Waals surface area contributed by atoms with Gasteiger partial charge in [-0.05, 0) is 43.9 Å². The number of hydrogen-bond acceptors (Lipinski definition) is 6. The molecule has 2 atom stereocenters. The standard InChI is InChI=1S/C25H27NO5/c1-15-5-3-4-6-18(15)20-10-9-19(21(26-20)14-31-12-11-30-2)25(29)22-23(27)16-7-8-17(13-16)24(22)28/h3-6,9-10,16-17,22H,7-8,11-14H2,1-2H3. The SMILES string of the molecule is COCCOCc1nc(-c2ccccc2C)ccc1C(=O)C1C(=O)C2CCC(C2)C1=O. The number of rotatable bonds is 8. The van der Waals surface area contributed by atoms with Crippen molar-refractivity contribution >= 4 is 17.3 Å². The van der Waals surface area contributed by atoms with Gasteiger partial charge in [-0.15, -0.1) is 0 Å². The van der Waals surface area contributed by atoms with Gasteiger partial charge in [0.2, 0.25) is 0 Å². The molecule has 4 rings (SSSR count). The Labute approximate surface area is 182 Å². The quantitative estimate of drug-likeness (QED) is 0.368. The fraction of sp³-hybridized carbons (Fsp3) is 0.440. The van der Waals surface area contributed by atoms with Gasteiger partial charge in [0, 0.05) is 30.1 Å². The van der Waals surface area contributed by atoms with E-state index in [2.05, 4.69) is 0 Å². The van der Waals surface area contributed by atoms with Crippen LogP contribution in [0.15, 0.2) is 36.4 Å². The number of Topliss-reactive ketones (excluding diaryl/α,β-unsaturated/α-hetero) is 3. The molecule has 0 saturated heterocycles. The molecule has 6 nitrogen and oxygen atoms in total. The van der Waals surface area contributed by atoms with E-state index < -0.39 is 11.7 Å². The lowest BCUT2D eigenvalue weighted by molar-refractivity contribution is -0.137. The van der Waals surface area contributed by atoms with Crippen molar-refractivity contribution in [1.82, 2.24) is 4.98 Å². The highest BCUT2D eigenvalue weighted by Crippen LogP contribution is 2.41. The number of aromatic nitrogens is 1. The molecule has 2 aromatic rings. The number of fused-ring (bicyclic) bond motifs is 2. The zero-order valence-electron chi connectivity index (χ0n) is 17.9. The summed E-state index contributed by atoms with van der Waals surface area (Å²) in [4.78, 5) is 43.8. The lowest BCUT2D eigenvalue weighted by Gasteiger charge is -2.25. The van der Waals surface area contributed by atoms with Crippen LogP contribution in [0.2, 0.25) is 0 Å². The van der Waals surface area contributed by atoms with Gasteiger partial charge in [0.25, 0.3) is 0 Å². The topological polar surface area (TPSA) is 82.6 Å². The van der Waals surface area contributed by atoms with Crippen LogP contribution in [0.4, 0.5) is 0 Å². The van der Waals surface area contributed by atoms with Gasteiger partial charge in [0.15, 0.2) is 17.3 Å². The fourth-order valence-corrected chi connectivity index (χ4v) is 4.68. The predicted octanol–water partition coefficient (Wildman–Crippen LogP) is 3.59. The average molecular weight is 421 g/mol. The Morgan fingerprint density at radius 3 is 2.42 bits per heavy atom. The number of aryl methyl sites for hydroxylation is 1. The van der Waals surface area contributed by atoms with Gasteiger partial charge in [0.1, 0.15) is 5.92 Å². The molecule has 1 aromatic carbocycles. The highest BCUT2D eigenvalue weighted by atomic mass is 16.5. The van der Waals surface area contributed by atoms with E-state index in [4.69, 9.17) is 14.5 Å². The van der Waals surface area contributed by atoms with Gasteiger partial charge in [-0.1, -0.05) is 24.3 Å². The minimum atomic E-state index is -1.20. The van der Waals surface area contributed by atoms with Crippen molar-refractivity contribution in [2.45, 2.75) is 32.8 Å². The van der Waals surface area contributed by atoms with Crippen LogP contribution in [0.25, 0.3) is 11.3 Å². The highest BCUT2D eigenvalue weighted by Gasteiger charge is 2.50. The molecule has 2 aliphatic rings. The van der Waals surface area contributed by atoms with Crippen molar-refractivity contribution in [3.8, 4) is 11.3 Å². The summed E-state index contributed by atoms with van der Waals surface area (Å²) in [6, 6.07) is 11.3. The summed E-state index contributed by atoms with van der Waals surface area (Å²) in [6.07, 6.45) is 2.01. The van der Waals surface area contributed by atoms with E-state index in [1.54, 1.807) is 19.2 Å². The Kier molecular flexibility index (Phi) is 6.39. The summed E-state index contributed by atoms with van der Waals surface area (Å²) in [6.45, 7) is 2.88. The van der Waals surface area contributed by atoms with Gasteiger partial charge in [0.05, 0.1) is 31.2 Å². The Morgan fingerprint density at radius 2 is 1.74 bits per heavy atom. The molecular formula is C25H27NO5. The van der Waals surface area contributed by atoms with E-state index in [0.717, 1.165) is 16.8 Å². The number of ether oxygens (including phenoxy) is 2. The molecule has 2 bridgehead atoms. The van der Waals surface area contributed by atoms with Crippen LogP contribution < -0.4 is 0 Å². The van der Waals surface area contributed by atoms with Crippen LogP contribution in [-0.4, -0.2) is 42.7 Å². The lowest BCUT2D eigenvalue weighted by Crippen LogP contribution is -2.41. The largest absolute Gasteiger partial charge is 0.382 e. The molecule has 1 aromatic heterocycles. The summed E-state index contributed by atoms with van der Waals surface area (Å²) in [5.74, 6) is -2.43. The van der Waals surface area contributed by atoms with E-state index in [1.807, 2.05) is 31.2 Å². The molecule has 0 radical (unpaired) electrons. The Balaban J connectivity index is 1.68. The first-order valence-electron chi connectivity index (χ1n) is 10.8. The van der Waals surface area contributed by atoms with Gasteiger partial charge >= 0.3 is 0 Å². The number of benzene rings is 1. The zero-order valence-corrected chi connectivity index (χ0v) is 17.9. The van der Waals surface area contributed by atoms with E-state index in [9.17, 15) is 14.4 Å². The van der Waals surface area contributed by atoms with Crippen LogP contribution in [0.5, 0.6) is 0 Å². The maximum absolute atomic E-state index is 13.4. The molecule has 31 heavy (non-hydrogen) atoms. The molecule has 162 valence electrons. The van der Waals surface area contributed by atoms with Crippen LogP contribution in [0.1, 0.15) is 40.9 Å². The summed E-state index contributed by atoms with van der Waals surface area (Å²) < 4.78 is 10.7. The minimum Gasteiger partial charge on any atom is -0.382 e. The first kappa shape index (κ1) is 21.5. The molecule has 2 unspecified atom stereocenters. The summed E-state index contributed by atoms with van der Waals surface area (Å²) in [5.41, 5.74) is 3.49. The Morgan fingerprint density at radius 1 is 1.03 bits per heavy atom. The van der Waals surface area contributed by atoms with E-state index in [0.29, 0.717) is 43.7 Å². The van der Waals surface area contributed by atoms with Gasteiger partial charge in [-0.2, -0.15) is 0 Å². The van der Waals surface area contributed by atoms with Gasteiger partial charge in [-0.3, -0.25) is 14.4 Å². The number of carbonyl (C=O) groups is 3. The van der Waals surface area contributed by atoms with Crippen molar-refractivity contribution in [1.29, 1.82) is 0 Å². The van der Waals surface area contributed by atoms with E-state index in [1.165, 1.54) is 0 Å². The van der Waals surface area contributed by atoms with Crippen molar-refractivity contribution in [2.75, 3.05) is 20.3 Å². The maximum Gasteiger partial charge on any atom is 0.182 e. The third-order valence-electron chi connectivity index (χ3n) is 6.40. The number of pyridine rings is 1. The molecule has 0 aliphatic heterocycles. The summed E-state index contributed by atoms with van der Waals surface area (Å²) in [7, 11) is 1.59. The normalized spacial score (nSPS) is 22.7. The number of ketones is 3. The second-order valence-corrected chi connectivity index (χ2v) is 8.36. The molecule has 6 heteroatoms. The number of carbonyl (C=O) groups excluding carboxylic acids is 3. The van der Waals surface area contributed by atoms with Crippen LogP contribution >= 0.6 is 0 Å². The number of nitrogens with zero attached hydrogens (tertiary/aromatic N) is 1. The van der Waals surface area contributed by atoms with E-state index in [-0.39, 0.29) is 30.0 Å². The minimum absolute atomic E-state index is 0.103. The van der Waals surface area contributed by atoms with Crippen LogP contribution in [-0.2, 0) is 25.7 Å². The molecule has 2 aliphatic carbocycles. The second kappa shape index (κ2) is 9.20. The van der Waals surface area contributed by atoms with Crippen molar-refractivity contribution in [2.24, 2.45) is 17.8 Å². The zero-order chi connectivity index (χ0) is 22.0. The van der Waals surface area contributed by atoms with Crippen molar-refractivity contribution in [3.63, 3.8) is 0 Å². The summed E-state index contributed by atoms with van der Waals surface area (Å²) in [5, 5.41) is 0. The smallest absolute Gasteiger partial charge is 0.182 e. The fourth-order valence-electron chi connectivity index (χ4n) is 4.68. The van der Waals surface area contributed by atoms with Gasteiger partial charge in [-0.25, -0.2) is 4.98 Å². The molecule has 2 fully saturated rings. The molecular weight excluding hydrogens is 394 g/mol. The first-order valence-corrected chi connectivity index (χ1v) is 10.8. The Bertz CT molecular complexity index is 993. The predicted molar refractivity (Wildman–Crippen MR) is 115 cm³/mol. The van der Waals surface area contributed by atoms with Crippen molar-refractivity contribution < 1.29 is 23.9 Å². The second-order valence-electron chi connectivity index (χ2n) is 8.36. The molecule has 0 N–H and O–H groups in total. The molecule has 0 amide bonds. The molecule has 2 saturated carbocycles. The van der Waals surface area contributed by atoms with Gasteiger partial charge < -0.3 is 9.47 Å². The first-order chi connectivity index (χ1) is 15.0. The average Bonchev–Trinajstić information content (AvgIpc) is 3.23. The van der Waals surface area contributed by atoms with E-state index >= 15 is 0 Å². The third-order valence-corrected chi connectivity index (χ3v) is 6.40. The third kappa shape index (κ3) is 4.23. The van der Waals surface area contributed by atoms with Crippen LogP contribution in [0, 0.1) is 24.7 Å². The Hall–Kier alpha value is -2.70. The number of methoxy groups -OCH3 is 1. The van der Waals surface area contributed by atoms with Crippen molar-refractivity contribution in [3.05, 3.63) is 53.2 Å². The number of hydrogen-bond donors (Lipinski definition) is 0. The lowest BCUT2D eigenvalue weighted by atomic mass is 9.75. The molecule has 0 spiro atoms.